The molecule has 0 N–H and O–H groups in total. The van der Waals surface area contributed by atoms with E-state index >= 15 is 0 Å². The van der Waals surface area contributed by atoms with Crippen LogP contribution in [0.25, 0.3) is 11.4 Å². The minimum absolute atomic E-state index is 0.0128. The fraction of sp³-hybridized carbons (Fsp3) is 0.375. The van der Waals surface area contributed by atoms with Crippen molar-refractivity contribution in [1.29, 1.82) is 0 Å². The van der Waals surface area contributed by atoms with E-state index in [1.807, 2.05) is 61.5 Å². The molecule has 0 spiro atoms. The van der Waals surface area contributed by atoms with Crippen LogP contribution in [0.3, 0.4) is 0 Å². The van der Waals surface area contributed by atoms with Gasteiger partial charge < -0.3 is 14.4 Å². The largest absolute Gasteiger partial charge is 0.497 e. The number of carbonyl (C=O) groups is 1. The summed E-state index contributed by atoms with van der Waals surface area (Å²) in [5.74, 6) is 1.57. The van der Waals surface area contributed by atoms with Gasteiger partial charge in [-0.3, -0.25) is 9.36 Å². The van der Waals surface area contributed by atoms with Gasteiger partial charge in [0.05, 0.1) is 25.0 Å². The normalized spacial score (nSPS) is 16.7. The predicted octanol–water partition coefficient (Wildman–Crippen LogP) is 4.28. The van der Waals surface area contributed by atoms with Crippen molar-refractivity contribution in [2.75, 3.05) is 25.7 Å². The maximum absolute atomic E-state index is 13.1. The molecule has 4 rings (SSSR count). The Morgan fingerprint density at radius 2 is 1.97 bits per heavy atom. The summed E-state index contributed by atoms with van der Waals surface area (Å²) in [6, 6.07) is 17.4. The first-order chi connectivity index (χ1) is 15.6. The topological polar surface area (TPSA) is 69.5 Å². The van der Waals surface area contributed by atoms with E-state index in [-0.39, 0.29) is 17.3 Å². The molecule has 7 nitrogen and oxygen atoms in total. The van der Waals surface area contributed by atoms with Gasteiger partial charge in [-0.05, 0) is 56.2 Å². The number of anilines is 1. The summed E-state index contributed by atoms with van der Waals surface area (Å²) in [6.45, 7) is 3.35. The number of para-hydroxylation sites is 1. The molecule has 32 heavy (non-hydrogen) atoms. The standard InChI is InChI=1S/C24H28N4O3S/c1-17(23(29)27(2)19-8-5-4-6-9-19)32-24-26-25-22(18-11-13-20(30-3)14-12-18)28(24)16-21-10-7-15-31-21/h4-6,8-9,11-14,17,21H,7,10,15-16H2,1-3H3. The van der Waals surface area contributed by atoms with Crippen molar-refractivity contribution >= 4 is 23.4 Å². The van der Waals surface area contributed by atoms with E-state index in [1.165, 1.54) is 11.8 Å². The molecule has 1 aromatic heterocycles. The maximum atomic E-state index is 13.1. The summed E-state index contributed by atoms with van der Waals surface area (Å²) in [4.78, 5) is 14.7. The van der Waals surface area contributed by atoms with E-state index in [0.29, 0.717) is 11.7 Å². The molecule has 0 radical (unpaired) electrons. The first kappa shape index (κ1) is 22.4. The van der Waals surface area contributed by atoms with Gasteiger partial charge in [-0.15, -0.1) is 10.2 Å². The van der Waals surface area contributed by atoms with Crippen molar-refractivity contribution in [3.05, 3.63) is 54.6 Å². The van der Waals surface area contributed by atoms with E-state index in [1.54, 1.807) is 19.1 Å². The summed E-state index contributed by atoms with van der Waals surface area (Å²) in [6.07, 6.45) is 2.19. The highest BCUT2D eigenvalue weighted by Crippen LogP contribution is 2.30. The summed E-state index contributed by atoms with van der Waals surface area (Å²) in [5.41, 5.74) is 1.81. The van der Waals surface area contributed by atoms with Crippen LogP contribution in [0, 0.1) is 0 Å². The molecule has 1 saturated heterocycles. The van der Waals surface area contributed by atoms with Crippen molar-refractivity contribution in [2.24, 2.45) is 0 Å². The zero-order valence-electron chi connectivity index (χ0n) is 18.6. The number of amides is 1. The van der Waals surface area contributed by atoms with E-state index in [2.05, 4.69) is 14.8 Å². The molecule has 1 aliphatic heterocycles. The van der Waals surface area contributed by atoms with Gasteiger partial charge in [0.1, 0.15) is 5.75 Å². The first-order valence-corrected chi connectivity index (χ1v) is 11.6. The molecule has 0 aliphatic carbocycles. The van der Waals surface area contributed by atoms with Crippen molar-refractivity contribution in [3.63, 3.8) is 0 Å². The summed E-state index contributed by atoms with van der Waals surface area (Å²) < 4.78 is 13.2. The number of aromatic nitrogens is 3. The van der Waals surface area contributed by atoms with Crippen LogP contribution < -0.4 is 9.64 Å². The number of hydrogen-bond acceptors (Lipinski definition) is 6. The van der Waals surface area contributed by atoms with E-state index in [0.717, 1.165) is 42.3 Å². The summed E-state index contributed by atoms with van der Waals surface area (Å²) >= 11 is 1.43. The van der Waals surface area contributed by atoms with Crippen LogP contribution in [0.15, 0.2) is 59.8 Å². The fourth-order valence-electron chi connectivity index (χ4n) is 3.75. The minimum atomic E-state index is -0.323. The van der Waals surface area contributed by atoms with Crippen molar-refractivity contribution in [1.82, 2.24) is 14.8 Å². The molecule has 1 aliphatic rings. The second-order valence-electron chi connectivity index (χ2n) is 7.77. The molecule has 2 heterocycles. The molecule has 168 valence electrons. The highest BCUT2D eigenvalue weighted by Gasteiger charge is 2.26. The molecule has 0 bridgehead atoms. The van der Waals surface area contributed by atoms with Crippen LogP contribution in [0.5, 0.6) is 5.75 Å². The Bertz CT molecular complexity index is 1030. The maximum Gasteiger partial charge on any atom is 0.240 e. The van der Waals surface area contributed by atoms with Gasteiger partial charge in [-0.2, -0.15) is 0 Å². The molecule has 1 amide bonds. The molecule has 2 aromatic carbocycles. The Balaban J connectivity index is 1.58. The Kier molecular flexibility index (Phi) is 7.12. The average molecular weight is 453 g/mol. The van der Waals surface area contributed by atoms with Gasteiger partial charge in [-0.1, -0.05) is 30.0 Å². The Labute approximate surface area is 192 Å². The Morgan fingerprint density at radius 1 is 1.22 bits per heavy atom. The summed E-state index contributed by atoms with van der Waals surface area (Å²) in [7, 11) is 3.45. The van der Waals surface area contributed by atoms with Crippen LogP contribution in [0.4, 0.5) is 5.69 Å². The lowest BCUT2D eigenvalue weighted by Crippen LogP contribution is -2.33. The lowest BCUT2D eigenvalue weighted by molar-refractivity contribution is -0.117. The average Bonchev–Trinajstić information content (AvgIpc) is 3.49. The van der Waals surface area contributed by atoms with Crippen molar-refractivity contribution in [3.8, 4) is 17.1 Å². The lowest BCUT2D eigenvalue weighted by atomic mass is 10.2. The first-order valence-electron chi connectivity index (χ1n) is 10.8. The number of carbonyl (C=O) groups excluding carboxylic acids is 1. The Morgan fingerprint density at radius 3 is 2.62 bits per heavy atom. The van der Waals surface area contributed by atoms with Crippen LogP contribution in [0.2, 0.25) is 0 Å². The minimum Gasteiger partial charge on any atom is -0.497 e. The SMILES string of the molecule is COc1ccc(-c2nnc(SC(C)C(=O)N(C)c3ccccc3)n2CC2CCCO2)cc1. The number of ether oxygens (including phenoxy) is 2. The van der Waals surface area contributed by atoms with Crippen LogP contribution in [-0.4, -0.2) is 52.8 Å². The number of thioether (sulfide) groups is 1. The molecule has 1 fully saturated rings. The number of benzene rings is 2. The van der Waals surface area contributed by atoms with Gasteiger partial charge in [0, 0.05) is 24.9 Å². The van der Waals surface area contributed by atoms with E-state index in [9.17, 15) is 4.79 Å². The molecule has 2 atom stereocenters. The lowest BCUT2D eigenvalue weighted by Gasteiger charge is -2.21. The van der Waals surface area contributed by atoms with E-state index < -0.39 is 0 Å². The number of methoxy groups -OCH3 is 1. The zero-order valence-corrected chi connectivity index (χ0v) is 19.4. The third-order valence-electron chi connectivity index (χ3n) is 5.58. The molecule has 0 saturated carbocycles. The molecular weight excluding hydrogens is 424 g/mol. The van der Waals surface area contributed by atoms with Gasteiger partial charge >= 0.3 is 0 Å². The van der Waals surface area contributed by atoms with Gasteiger partial charge in [-0.25, -0.2) is 0 Å². The molecular formula is C24H28N4O3S. The Hall–Kier alpha value is -2.84. The number of hydrogen-bond donors (Lipinski definition) is 0. The second kappa shape index (κ2) is 10.2. The molecule has 8 heteroatoms. The van der Waals surface area contributed by atoms with Crippen molar-refractivity contribution in [2.45, 2.75) is 42.8 Å². The van der Waals surface area contributed by atoms with Crippen LogP contribution in [0.1, 0.15) is 19.8 Å². The highest BCUT2D eigenvalue weighted by molar-refractivity contribution is 8.00. The summed E-state index contributed by atoms with van der Waals surface area (Å²) in [5, 5.41) is 9.31. The molecule has 2 unspecified atom stereocenters. The van der Waals surface area contributed by atoms with Gasteiger partial charge in [0.2, 0.25) is 5.91 Å². The second-order valence-corrected chi connectivity index (χ2v) is 9.08. The number of nitrogens with zero attached hydrogens (tertiary/aromatic N) is 4. The quantitative estimate of drug-likeness (QED) is 0.475. The predicted molar refractivity (Wildman–Crippen MR) is 126 cm³/mol. The zero-order chi connectivity index (χ0) is 22.5. The van der Waals surface area contributed by atoms with Gasteiger partial charge in [0.15, 0.2) is 11.0 Å². The smallest absolute Gasteiger partial charge is 0.240 e. The van der Waals surface area contributed by atoms with Gasteiger partial charge in [0.25, 0.3) is 0 Å². The van der Waals surface area contributed by atoms with E-state index in [4.69, 9.17) is 9.47 Å². The van der Waals surface area contributed by atoms with Crippen LogP contribution in [-0.2, 0) is 16.1 Å². The van der Waals surface area contributed by atoms with Crippen LogP contribution >= 0.6 is 11.8 Å². The number of rotatable bonds is 8. The molecule has 3 aromatic rings. The third-order valence-corrected chi connectivity index (χ3v) is 6.65. The van der Waals surface area contributed by atoms with Crippen molar-refractivity contribution < 1.29 is 14.3 Å². The monoisotopic (exact) mass is 452 g/mol. The third kappa shape index (κ3) is 4.97. The highest BCUT2D eigenvalue weighted by atomic mass is 32.2. The fourth-order valence-corrected chi connectivity index (χ4v) is 4.70.